The van der Waals surface area contributed by atoms with Gasteiger partial charge in [0.2, 0.25) is 6.33 Å². The molecule has 1 aliphatic rings. The van der Waals surface area contributed by atoms with E-state index in [9.17, 15) is 10.1 Å². The number of rotatable bonds is 4. The van der Waals surface area contributed by atoms with E-state index in [1.807, 2.05) is 47.8 Å². The Balaban J connectivity index is 1.79. The molecule has 8 heteroatoms. The normalized spacial score (nSPS) is 15.3. The van der Waals surface area contributed by atoms with Gasteiger partial charge >= 0.3 is 11.7 Å². The molecule has 3 rings (SSSR count). The van der Waals surface area contributed by atoms with E-state index in [0.717, 1.165) is 0 Å². The fourth-order valence-corrected chi connectivity index (χ4v) is 4.86. The fourth-order valence-electron chi connectivity index (χ4n) is 2.01. The van der Waals surface area contributed by atoms with Crippen LogP contribution in [0.2, 0.25) is 0 Å². The van der Waals surface area contributed by atoms with E-state index in [0.29, 0.717) is 10.3 Å². The summed E-state index contributed by atoms with van der Waals surface area (Å²) in [7, 11) is 1.66. The summed E-state index contributed by atoms with van der Waals surface area (Å²) < 4.78 is 7.58. The second-order valence-electron chi connectivity index (χ2n) is 4.49. The average molecular weight is 323 g/mol. The van der Waals surface area contributed by atoms with E-state index in [1.54, 1.807) is 7.05 Å². The summed E-state index contributed by atoms with van der Waals surface area (Å²) >= 11 is 3.87. The van der Waals surface area contributed by atoms with E-state index in [-0.39, 0.29) is 11.7 Å². The topological polar surface area (TPSA) is 70.2 Å². The molecule has 0 atom stereocenters. The zero-order chi connectivity index (χ0) is 14.8. The van der Waals surface area contributed by atoms with Crippen molar-refractivity contribution in [3.8, 4) is 11.6 Å². The molecule has 0 amide bonds. The van der Waals surface area contributed by atoms with E-state index in [1.165, 1.54) is 28.0 Å². The van der Waals surface area contributed by atoms with Crippen LogP contribution in [-0.2, 0) is 7.05 Å². The largest absolute Gasteiger partial charge is 0.434 e. The summed E-state index contributed by atoms with van der Waals surface area (Å²) in [5.74, 6) is 2.78. The minimum Gasteiger partial charge on any atom is -0.434 e. The van der Waals surface area contributed by atoms with Crippen LogP contribution < -0.4 is 4.74 Å². The lowest BCUT2D eigenvalue weighted by Gasteiger charge is -2.10. The standard InChI is InChI=1S/C13H13N3O3S2/c1-15-8-14-11(16(17)18)12(15)19-10-4-2-9(3-5-10)13-20-6-7-21-13/h2-5,8,13H,6-7H2,1H3. The highest BCUT2D eigenvalue weighted by Crippen LogP contribution is 2.45. The van der Waals surface area contributed by atoms with Gasteiger partial charge in [0.25, 0.3) is 0 Å². The Morgan fingerprint density at radius 1 is 1.33 bits per heavy atom. The number of thioether (sulfide) groups is 2. The summed E-state index contributed by atoms with van der Waals surface area (Å²) in [6.45, 7) is 0. The molecule has 110 valence electrons. The van der Waals surface area contributed by atoms with Crippen molar-refractivity contribution in [1.29, 1.82) is 0 Å². The van der Waals surface area contributed by atoms with E-state index >= 15 is 0 Å². The van der Waals surface area contributed by atoms with Gasteiger partial charge in [-0.3, -0.25) is 4.57 Å². The number of nitrogens with zero attached hydrogens (tertiary/aromatic N) is 3. The van der Waals surface area contributed by atoms with Crippen molar-refractivity contribution in [2.24, 2.45) is 7.05 Å². The third-order valence-corrected chi connectivity index (χ3v) is 6.13. The van der Waals surface area contributed by atoms with Crippen LogP contribution in [0, 0.1) is 10.1 Å². The summed E-state index contributed by atoms with van der Waals surface area (Å²) in [6, 6.07) is 7.69. The van der Waals surface area contributed by atoms with Crippen LogP contribution >= 0.6 is 23.5 Å². The van der Waals surface area contributed by atoms with E-state index in [2.05, 4.69) is 4.98 Å². The maximum absolute atomic E-state index is 10.9. The van der Waals surface area contributed by atoms with Crippen molar-refractivity contribution in [2.75, 3.05) is 11.5 Å². The highest BCUT2D eigenvalue weighted by Gasteiger charge is 2.23. The van der Waals surface area contributed by atoms with E-state index < -0.39 is 4.92 Å². The molecule has 0 spiro atoms. The van der Waals surface area contributed by atoms with Gasteiger partial charge in [0, 0.05) is 18.6 Å². The number of nitro groups is 1. The minimum atomic E-state index is -0.546. The Morgan fingerprint density at radius 3 is 2.62 bits per heavy atom. The predicted octanol–water partition coefficient (Wildman–Crippen LogP) is 3.60. The monoisotopic (exact) mass is 323 g/mol. The molecule has 0 unspecified atom stereocenters. The van der Waals surface area contributed by atoms with Crippen molar-refractivity contribution < 1.29 is 9.66 Å². The van der Waals surface area contributed by atoms with Crippen LogP contribution in [0.4, 0.5) is 5.82 Å². The Morgan fingerprint density at radius 2 is 2.00 bits per heavy atom. The number of aryl methyl sites for hydroxylation is 1. The molecule has 0 radical (unpaired) electrons. The zero-order valence-corrected chi connectivity index (χ0v) is 12.9. The highest BCUT2D eigenvalue weighted by molar-refractivity contribution is 8.19. The molecule has 1 saturated heterocycles. The SMILES string of the molecule is Cn1cnc([N+](=O)[O-])c1Oc1ccc(C2SCCS2)cc1. The molecule has 0 aliphatic carbocycles. The van der Waals surface area contributed by atoms with Crippen LogP contribution in [0.15, 0.2) is 30.6 Å². The quantitative estimate of drug-likeness (QED) is 0.632. The predicted molar refractivity (Wildman–Crippen MR) is 84.0 cm³/mol. The molecule has 6 nitrogen and oxygen atoms in total. The maximum atomic E-state index is 10.9. The Kier molecular flexibility index (Phi) is 4.07. The molecule has 1 fully saturated rings. The van der Waals surface area contributed by atoms with Gasteiger partial charge in [-0.2, -0.15) is 0 Å². The molecular formula is C13H13N3O3S2. The molecule has 0 bridgehead atoms. The highest BCUT2D eigenvalue weighted by atomic mass is 32.2. The molecule has 0 N–H and O–H groups in total. The third kappa shape index (κ3) is 3.01. The molecule has 21 heavy (non-hydrogen) atoms. The van der Waals surface area contributed by atoms with Gasteiger partial charge in [-0.15, -0.1) is 23.5 Å². The van der Waals surface area contributed by atoms with Gasteiger partial charge < -0.3 is 14.9 Å². The van der Waals surface area contributed by atoms with Crippen molar-refractivity contribution in [3.05, 3.63) is 46.3 Å². The van der Waals surface area contributed by atoms with Gasteiger partial charge in [0.05, 0.1) is 4.58 Å². The Hall–Kier alpha value is -1.67. The third-order valence-electron chi connectivity index (χ3n) is 3.03. The second kappa shape index (κ2) is 5.98. The number of hydrogen-bond acceptors (Lipinski definition) is 6. The molecule has 1 aliphatic heterocycles. The molecule has 2 heterocycles. The van der Waals surface area contributed by atoms with Crippen molar-refractivity contribution >= 4 is 29.3 Å². The van der Waals surface area contributed by atoms with Crippen molar-refractivity contribution in [1.82, 2.24) is 9.55 Å². The first-order valence-corrected chi connectivity index (χ1v) is 8.41. The summed E-state index contributed by atoms with van der Waals surface area (Å²) in [5.41, 5.74) is 1.24. The van der Waals surface area contributed by atoms with Gasteiger partial charge in [-0.05, 0) is 27.6 Å². The second-order valence-corrected chi connectivity index (χ2v) is 7.21. The average Bonchev–Trinajstić information content (AvgIpc) is 3.11. The molecule has 1 aromatic heterocycles. The summed E-state index contributed by atoms with van der Waals surface area (Å²) in [6.07, 6.45) is 1.37. The zero-order valence-electron chi connectivity index (χ0n) is 11.3. The molecular weight excluding hydrogens is 310 g/mol. The summed E-state index contributed by atoms with van der Waals surface area (Å²) in [4.78, 5) is 14.1. The number of hydrogen-bond donors (Lipinski definition) is 0. The maximum Gasteiger partial charge on any atom is 0.427 e. The van der Waals surface area contributed by atoms with Crippen LogP contribution in [-0.4, -0.2) is 26.0 Å². The Labute approximate surface area is 130 Å². The minimum absolute atomic E-state index is 0.136. The van der Waals surface area contributed by atoms with Gasteiger partial charge in [0.15, 0.2) is 0 Å². The van der Waals surface area contributed by atoms with Crippen LogP contribution in [0.5, 0.6) is 11.6 Å². The van der Waals surface area contributed by atoms with Gasteiger partial charge in [0.1, 0.15) is 5.75 Å². The van der Waals surface area contributed by atoms with Gasteiger partial charge in [-0.25, -0.2) is 0 Å². The first-order chi connectivity index (χ1) is 10.1. The number of aromatic nitrogens is 2. The van der Waals surface area contributed by atoms with Gasteiger partial charge in [-0.1, -0.05) is 12.1 Å². The number of ether oxygens (including phenoxy) is 1. The molecule has 2 aromatic rings. The van der Waals surface area contributed by atoms with Crippen LogP contribution in [0.3, 0.4) is 0 Å². The summed E-state index contributed by atoms with van der Waals surface area (Å²) in [5, 5.41) is 10.9. The van der Waals surface area contributed by atoms with E-state index in [4.69, 9.17) is 4.74 Å². The lowest BCUT2D eigenvalue weighted by molar-refractivity contribution is -0.390. The van der Waals surface area contributed by atoms with Crippen molar-refractivity contribution in [3.63, 3.8) is 0 Å². The van der Waals surface area contributed by atoms with Crippen LogP contribution in [0.25, 0.3) is 0 Å². The Bertz CT molecular complexity index is 651. The molecule has 1 aromatic carbocycles. The molecule has 0 saturated carbocycles. The lowest BCUT2D eigenvalue weighted by Crippen LogP contribution is -1.96. The fraction of sp³-hybridized carbons (Fsp3) is 0.308. The van der Waals surface area contributed by atoms with Crippen molar-refractivity contribution in [2.45, 2.75) is 4.58 Å². The number of benzene rings is 1. The smallest absolute Gasteiger partial charge is 0.427 e. The first kappa shape index (κ1) is 14.3. The first-order valence-electron chi connectivity index (χ1n) is 6.32. The number of imidazole rings is 1. The lowest BCUT2D eigenvalue weighted by atomic mass is 10.2. The van der Waals surface area contributed by atoms with Crippen LogP contribution in [0.1, 0.15) is 10.1 Å².